The molecular weight excluding hydrogens is 478 g/mol. The van der Waals surface area contributed by atoms with E-state index in [0.717, 1.165) is 29.2 Å². The van der Waals surface area contributed by atoms with E-state index in [0.29, 0.717) is 12.3 Å². The first-order valence-corrected chi connectivity index (χ1v) is 13.5. The molecule has 3 aromatic rings. The molecule has 1 aromatic heterocycles. The van der Waals surface area contributed by atoms with Gasteiger partial charge in [-0.05, 0) is 48.7 Å². The summed E-state index contributed by atoms with van der Waals surface area (Å²) in [6.07, 6.45) is 4.07. The number of ether oxygens (including phenoxy) is 3. The van der Waals surface area contributed by atoms with Crippen LogP contribution in [0.25, 0.3) is 0 Å². The molecule has 0 bridgehead atoms. The topological polar surface area (TPSA) is 82.9 Å². The Bertz CT molecular complexity index is 1140. The molecule has 0 spiro atoms. The zero-order chi connectivity index (χ0) is 26.0. The van der Waals surface area contributed by atoms with Crippen LogP contribution in [0, 0.1) is 5.92 Å². The molecule has 8 nitrogen and oxygen atoms in total. The maximum atomic E-state index is 13.7. The lowest BCUT2D eigenvalue weighted by Gasteiger charge is -2.25. The van der Waals surface area contributed by atoms with Gasteiger partial charge in [-0.3, -0.25) is 4.68 Å². The molecule has 0 aliphatic rings. The number of benzene rings is 2. The van der Waals surface area contributed by atoms with Crippen LogP contribution in [-0.2, 0) is 29.7 Å². The number of hydrogen-bond donors (Lipinski definition) is 0. The molecule has 0 fully saturated rings. The van der Waals surface area contributed by atoms with E-state index in [1.807, 2.05) is 61.7 Å². The first-order chi connectivity index (χ1) is 17.4. The summed E-state index contributed by atoms with van der Waals surface area (Å²) in [4.78, 5) is 0. The first kappa shape index (κ1) is 27.3. The molecule has 0 amide bonds. The third-order valence-corrected chi connectivity index (χ3v) is 7.72. The Morgan fingerprint density at radius 1 is 0.972 bits per heavy atom. The van der Waals surface area contributed by atoms with Gasteiger partial charge in [0.25, 0.3) is 0 Å². The van der Waals surface area contributed by atoms with Gasteiger partial charge in [0.05, 0.1) is 26.6 Å². The number of methoxy groups -OCH3 is 2. The van der Waals surface area contributed by atoms with Crippen LogP contribution in [0.5, 0.6) is 17.4 Å². The summed E-state index contributed by atoms with van der Waals surface area (Å²) in [6, 6.07) is 16.6. The summed E-state index contributed by atoms with van der Waals surface area (Å²) in [5.41, 5.74) is 1.74. The summed E-state index contributed by atoms with van der Waals surface area (Å²) in [5, 5.41) is 4.32. The Kier molecular flexibility index (Phi) is 9.95. The van der Waals surface area contributed by atoms with Crippen LogP contribution >= 0.6 is 0 Å². The van der Waals surface area contributed by atoms with Gasteiger partial charge in [-0.25, -0.2) is 8.42 Å². The highest BCUT2D eigenvalue weighted by molar-refractivity contribution is 7.89. The van der Waals surface area contributed by atoms with Crippen molar-refractivity contribution in [3.05, 3.63) is 84.6 Å². The van der Waals surface area contributed by atoms with Gasteiger partial charge in [0, 0.05) is 37.8 Å². The predicted octanol–water partition coefficient (Wildman–Crippen LogP) is 4.52. The quantitative estimate of drug-likeness (QED) is 0.278. The first-order valence-electron chi connectivity index (χ1n) is 11.9. The molecule has 1 heterocycles. The van der Waals surface area contributed by atoms with Crippen LogP contribution in [0.1, 0.15) is 24.5 Å². The van der Waals surface area contributed by atoms with E-state index in [4.69, 9.17) is 14.2 Å². The summed E-state index contributed by atoms with van der Waals surface area (Å²) in [7, 11) is -0.456. The monoisotopic (exact) mass is 513 g/mol. The highest BCUT2D eigenvalue weighted by Gasteiger charge is 2.27. The minimum absolute atomic E-state index is 0.0696. The van der Waals surface area contributed by atoms with Gasteiger partial charge in [-0.2, -0.15) is 4.31 Å². The van der Waals surface area contributed by atoms with Gasteiger partial charge in [-0.1, -0.05) is 30.3 Å². The Balaban J connectivity index is 1.79. The van der Waals surface area contributed by atoms with E-state index in [1.165, 1.54) is 4.31 Å². The third-order valence-electron chi connectivity index (χ3n) is 5.78. The van der Waals surface area contributed by atoms with E-state index in [2.05, 4.69) is 11.7 Å². The van der Waals surface area contributed by atoms with Crippen LogP contribution in [0.15, 0.2) is 73.4 Å². The molecule has 0 aliphatic carbocycles. The highest BCUT2D eigenvalue weighted by Crippen LogP contribution is 2.22. The second-order valence-corrected chi connectivity index (χ2v) is 10.5. The SMILES string of the molecule is C=CC[C@H](COc1ccn(CC)n1)CS(=O)(=O)N(Cc1ccc(OC)cc1)Cc1ccc(OC)cc1. The van der Waals surface area contributed by atoms with Crippen LogP contribution in [0.2, 0.25) is 0 Å². The van der Waals surface area contributed by atoms with Gasteiger partial charge in [-0.15, -0.1) is 11.7 Å². The maximum Gasteiger partial charge on any atom is 0.232 e. The van der Waals surface area contributed by atoms with Crippen molar-refractivity contribution in [3.63, 3.8) is 0 Å². The van der Waals surface area contributed by atoms with E-state index in [1.54, 1.807) is 31.0 Å². The van der Waals surface area contributed by atoms with Gasteiger partial charge in [0.2, 0.25) is 15.9 Å². The Morgan fingerprint density at radius 2 is 1.53 bits per heavy atom. The van der Waals surface area contributed by atoms with Gasteiger partial charge in [0.1, 0.15) is 11.5 Å². The molecule has 0 aliphatic heterocycles. The number of aromatic nitrogens is 2. The molecule has 2 aromatic carbocycles. The summed E-state index contributed by atoms with van der Waals surface area (Å²) < 4.78 is 47.0. The van der Waals surface area contributed by atoms with Gasteiger partial charge in [0.15, 0.2) is 0 Å². The van der Waals surface area contributed by atoms with Crippen molar-refractivity contribution in [1.29, 1.82) is 0 Å². The van der Waals surface area contributed by atoms with E-state index in [-0.39, 0.29) is 31.4 Å². The number of rotatable bonds is 15. The zero-order valence-electron chi connectivity index (χ0n) is 21.2. The lowest BCUT2D eigenvalue weighted by atomic mass is 10.1. The summed E-state index contributed by atoms with van der Waals surface area (Å²) in [5.74, 6) is 1.58. The molecular formula is C27H35N3O5S. The standard InChI is InChI=1S/C27H35N3O5S/c1-5-7-24(20-35-27-16-17-29(6-2)28-27)21-36(31,32)30(18-22-8-12-25(33-3)13-9-22)19-23-10-14-26(34-4)15-11-23/h5,8-17,24H,1,6-7,18-21H2,2-4H3/t24-/m1/s1. The minimum Gasteiger partial charge on any atom is -0.497 e. The number of allylic oxidation sites excluding steroid dienone is 1. The predicted molar refractivity (Wildman–Crippen MR) is 141 cm³/mol. The molecule has 1 atom stereocenters. The smallest absolute Gasteiger partial charge is 0.232 e. The molecule has 3 rings (SSSR count). The third kappa shape index (κ3) is 7.86. The fourth-order valence-electron chi connectivity index (χ4n) is 3.74. The molecule has 194 valence electrons. The van der Waals surface area contributed by atoms with Crippen molar-refractivity contribution < 1.29 is 22.6 Å². The molecule has 9 heteroatoms. The highest BCUT2D eigenvalue weighted by atomic mass is 32.2. The van der Waals surface area contributed by atoms with Crippen molar-refractivity contribution in [2.45, 2.75) is 33.0 Å². The number of sulfonamides is 1. The fraction of sp³-hybridized carbons (Fsp3) is 0.370. The molecule has 0 saturated heterocycles. The number of nitrogens with zero attached hydrogens (tertiary/aromatic N) is 3. The van der Waals surface area contributed by atoms with Gasteiger partial charge < -0.3 is 14.2 Å². The van der Waals surface area contributed by atoms with Crippen LogP contribution < -0.4 is 14.2 Å². The van der Waals surface area contributed by atoms with E-state index in [9.17, 15) is 8.42 Å². The molecule has 0 unspecified atom stereocenters. The van der Waals surface area contributed by atoms with Crippen molar-refractivity contribution in [2.75, 3.05) is 26.6 Å². The van der Waals surface area contributed by atoms with Crippen molar-refractivity contribution in [1.82, 2.24) is 14.1 Å². The van der Waals surface area contributed by atoms with Crippen LogP contribution in [-0.4, -0.2) is 49.1 Å². The number of aryl methyl sites for hydroxylation is 1. The fourth-order valence-corrected chi connectivity index (χ4v) is 5.47. The normalized spacial score (nSPS) is 12.3. The lowest BCUT2D eigenvalue weighted by molar-refractivity contribution is 0.248. The van der Waals surface area contributed by atoms with Crippen LogP contribution in [0.3, 0.4) is 0 Å². The average Bonchev–Trinajstić information content (AvgIpc) is 3.36. The minimum atomic E-state index is -3.66. The van der Waals surface area contributed by atoms with Gasteiger partial charge >= 0.3 is 0 Å². The summed E-state index contributed by atoms with van der Waals surface area (Å²) >= 11 is 0. The van der Waals surface area contributed by atoms with E-state index < -0.39 is 10.0 Å². The van der Waals surface area contributed by atoms with Crippen molar-refractivity contribution in [3.8, 4) is 17.4 Å². The molecule has 0 radical (unpaired) electrons. The van der Waals surface area contributed by atoms with Crippen LogP contribution in [0.4, 0.5) is 0 Å². The zero-order valence-corrected chi connectivity index (χ0v) is 22.0. The van der Waals surface area contributed by atoms with Crippen molar-refractivity contribution >= 4 is 10.0 Å². The lowest BCUT2D eigenvalue weighted by Crippen LogP contribution is -2.35. The second-order valence-electron chi connectivity index (χ2n) is 8.45. The molecule has 0 N–H and O–H groups in total. The number of hydrogen-bond acceptors (Lipinski definition) is 6. The van der Waals surface area contributed by atoms with E-state index >= 15 is 0 Å². The molecule has 0 saturated carbocycles. The average molecular weight is 514 g/mol. The second kappa shape index (κ2) is 13.1. The largest absolute Gasteiger partial charge is 0.497 e. The summed E-state index contributed by atoms with van der Waals surface area (Å²) in [6.45, 7) is 7.24. The maximum absolute atomic E-state index is 13.7. The molecule has 36 heavy (non-hydrogen) atoms. The van der Waals surface area contributed by atoms with Crippen molar-refractivity contribution in [2.24, 2.45) is 5.92 Å². The Labute approximate surface area is 214 Å². The Hall–Kier alpha value is -3.30. The Morgan fingerprint density at radius 3 is 1.97 bits per heavy atom.